The number of amides is 2. The first-order valence-electron chi connectivity index (χ1n) is 8.15. The molecule has 2 fully saturated rings. The molecule has 2 saturated heterocycles. The van der Waals surface area contributed by atoms with Crippen LogP contribution in [0.1, 0.15) is 25.8 Å². The number of halogens is 2. The molecule has 0 bridgehead atoms. The second kappa shape index (κ2) is 6.47. The van der Waals surface area contributed by atoms with Crippen molar-refractivity contribution in [3.8, 4) is 0 Å². The van der Waals surface area contributed by atoms with Gasteiger partial charge in [-0.05, 0) is 30.5 Å². The van der Waals surface area contributed by atoms with Crippen molar-refractivity contribution >= 4 is 11.8 Å². The molecular weight excluding hydrogens is 316 g/mol. The fourth-order valence-electron chi connectivity index (χ4n) is 3.35. The minimum absolute atomic E-state index is 0.0239. The Kier molecular flexibility index (Phi) is 4.54. The summed E-state index contributed by atoms with van der Waals surface area (Å²) in [7, 11) is 0. The summed E-state index contributed by atoms with van der Waals surface area (Å²) in [6, 6.07) is 2.21. The summed E-state index contributed by atoms with van der Waals surface area (Å²) in [6.07, 6.45) is 0.472. The maximum absolute atomic E-state index is 13.7. The number of rotatable bonds is 4. The Morgan fingerprint density at radius 1 is 1.33 bits per heavy atom. The van der Waals surface area contributed by atoms with Gasteiger partial charge >= 0.3 is 0 Å². The largest absolute Gasteiger partial charge is 0.342 e. The van der Waals surface area contributed by atoms with E-state index in [1.807, 2.05) is 13.8 Å². The molecule has 3 rings (SSSR count). The fourth-order valence-corrected chi connectivity index (χ4v) is 3.35. The molecule has 0 unspecified atom stereocenters. The Morgan fingerprint density at radius 2 is 2.08 bits per heavy atom. The number of fused-ring (bicyclic) bond motifs is 1. The van der Waals surface area contributed by atoms with Crippen molar-refractivity contribution in [2.75, 3.05) is 6.54 Å². The zero-order valence-electron chi connectivity index (χ0n) is 13.7. The highest BCUT2D eigenvalue weighted by Crippen LogP contribution is 2.25. The van der Waals surface area contributed by atoms with Gasteiger partial charge in [0, 0.05) is 24.7 Å². The average Bonchev–Trinajstić information content (AvgIpc) is 2.96. The lowest BCUT2D eigenvalue weighted by atomic mass is 9.98. The van der Waals surface area contributed by atoms with Gasteiger partial charge in [0.05, 0.1) is 0 Å². The van der Waals surface area contributed by atoms with Crippen LogP contribution >= 0.6 is 0 Å². The third kappa shape index (κ3) is 3.13. The quantitative estimate of drug-likeness (QED) is 0.867. The summed E-state index contributed by atoms with van der Waals surface area (Å²) < 4.78 is 26.9. The van der Waals surface area contributed by atoms with E-state index in [9.17, 15) is 18.4 Å². The number of nitrogens with zero attached hydrogens (tertiary/aromatic N) is 1. The standard InChI is InChI=1S/C17H21F2N3O2/c1-9(2)15-17(24)22-8-12(6-14(22)16(23)21-15)20-7-10-5-11(18)3-4-13(10)19/h3-5,9,12,14-15,20H,6-8H2,1-2H3,(H,21,23)/t12-,14-,15-/m0/s1. The maximum atomic E-state index is 13.7. The first-order valence-corrected chi connectivity index (χ1v) is 8.15. The van der Waals surface area contributed by atoms with Crippen LogP contribution in [0.25, 0.3) is 0 Å². The second-order valence-electron chi connectivity index (χ2n) is 6.79. The molecule has 3 atom stereocenters. The number of carbonyl (C=O) groups excluding carboxylic acids is 2. The van der Waals surface area contributed by atoms with Crippen LogP contribution < -0.4 is 10.6 Å². The van der Waals surface area contributed by atoms with Gasteiger partial charge in [0.2, 0.25) is 11.8 Å². The van der Waals surface area contributed by atoms with E-state index in [-0.39, 0.29) is 35.9 Å². The Balaban J connectivity index is 1.65. The molecule has 130 valence electrons. The van der Waals surface area contributed by atoms with E-state index in [1.165, 1.54) is 0 Å². The molecule has 1 aromatic carbocycles. The summed E-state index contributed by atoms with van der Waals surface area (Å²) in [6.45, 7) is 4.33. The predicted molar refractivity (Wildman–Crippen MR) is 83.9 cm³/mol. The number of piperazine rings is 1. The predicted octanol–water partition coefficient (Wildman–Crippen LogP) is 1.18. The summed E-state index contributed by atoms with van der Waals surface area (Å²) >= 11 is 0. The smallest absolute Gasteiger partial charge is 0.246 e. The van der Waals surface area contributed by atoms with Crippen LogP contribution in [0.4, 0.5) is 8.78 Å². The molecule has 2 amide bonds. The zero-order chi connectivity index (χ0) is 17.4. The van der Waals surface area contributed by atoms with E-state index < -0.39 is 23.7 Å². The molecule has 0 radical (unpaired) electrons. The second-order valence-corrected chi connectivity index (χ2v) is 6.79. The van der Waals surface area contributed by atoms with Gasteiger partial charge in [-0.2, -0.15) is 0 Å². The van der Waals surface area contributed by atoms with Gasteiger partial charge in [0.15, 0.2) is 0 Å². The molecule has 2 aliphatic rings. The molecule has 24 heavy (non-hydrogen) atoms. The monoisotopic (exact) mass is 337 g/mol. The lowest BCUT2D eigenvalue weighted by molar-refractivity contribution is -0.148. The molecule has 0 aromatic heterocycles. The molecule has 0 saturated carbocycles. The van der Waals surface area contributed by atoms with Gasteiger partial charge in [-0.1, -0.05) is 13.8 Å². The average molecular weight is 337 g/mol. The first-order chi connectivity index (χ1) is 11.4. The molecule has 2 N–H and O–H groups in total. The highest BCUT2D eigenvalue weighted by Gasteiger charge is 2.46. The van der Waals surface area contributed by atoms with Crippen molar-refractivity contribution in [3.63, 3.8) is 0 Å². The summed E-state index contributed by atoms with van der Waals surface area (Å²) in [5.74, 6) is -1.17. The SMILES string of the molecule is CC(C)[C@@H]1NC(=O)[C@@H]2C[C@H](NCc3cc(F)ccc3F)CN2C1=O. The lowest BCUT2D eigenvalue weighted by Crippen LogP contribution is -2.62. The molecule has 5 nitrogen and oxygen atoms in total. The van der Waals surface area contributed by atoms with E-state index in [2.05, 4.69) is 10.6 Å². The summed E-state index contributed by atoms with van der Waals surface area (Å²) in [5.41, 5.74) is 0.232. The van der Waals surface area contributed by atoms with E-state index in [1.54, 1.807) is 4.90 Å². The van der Waals surface area contributed by atoms with Crippen LogP contribution in [0.5, 0.6) is 0 Å². The van der Waals surface area contributed by atoms with Crippen LogP contribution in [-0.2, 0) is 16.1 Å². The molecule has 7 heteroatoms. The Hall–Kier alpha value is -2.02. The fraction of sp³-hybridized carbons (Fsp3) is 0.529. The zero-order valence-corrected chi connectivity index (χ0v) is 13.7. The minimum Gasteiger partial charge on any atom is -0.342 e. The maximum Gasteiger partial charge on any atom is 0.246 e. The highest BCUT2D eigenvalue weighted by atomic mass is 19.1. The highest BCUT2D eigenvalue weighted by molar-refractivity contribution is 5.97. The van der Waals surface area contributed by atoms with Gasteiger partial charge in [-0.15, -0.1) is 0 Å². The molecule has 0 spiro atoms. The third-order valence-electron chi connectivity index (χ3n) is 4.71. The van der Waals surface area contributed by atoms with E-state index >= 15 is 0 Å². The normalized spacial score (nSPS) is 26.7. The van der Waals surface area contributed by atoms with Crippen molar-refractivity contribution in [1.29, 1.82) is 0 Å². The summed E-state index contributed by atoms with van der Waals surface area (Å²) in [4.78, 5) is 26.3. The summed E-state index contributed by atoms with van der Waals surface area (Å²) in [5, 5.41) is 5.91. The van der Waals surface area contributed by atoms with Gasteiger partial charge in [-0.3, -0.25) is 9.59 Å². The molecule has 2 aliphatic heterocycles. The van der Waals surface area contributed by atoms with E-state index in [4.69, 9.17) is 0 Å². The Bertz CT molecular complexity index is 665. The van der Waals surface area contributed by atoms with Gasteiger partial charge < -0.3 is 15.5 Å². The number of benzene rings is 1. The van der Waals surface area contributed by atoms with Crippen molar-refractivity contribution < 1.29 is 18.4 Å². The third-order valence-corrected chi connectivity index (χ3v) is 4.71. The van der Waals surface area contributed by atoms with E-state index in [0.29, 0.717) is 13.0 Å². The number of carbonyl (C=O) groups is 2. The Labute approximate surface area is 139 Å². The van der Waals surface area contributed by atoms with E-state index in [0.717, 1.165) is 18.2 Å². The van der Waals surface area contributed by atoms with Gasteiger partial charge in [-0.25, -0.2) is 8.78 Å². The van der Waals surface area contributed by atoms with Crippen molar-refractivity contribution in [1.82, 2.24) is 15.5 Å². The van der Waals surface area contributed by atoms with Gasteiger partial charge in [0.1, 0.15) is 23.7 Å². The molecule has 2 heterocycles. The molecule has 0 aliphatic carbocycles. The topological polar surface area (TPSA) is 61.4 Å². The van der Waals surface area contributed by atoms with Gasteiger partial charge in [0.25, 0.3) is 0 Å². The molecular formula is C17H21F2N3O2. The minimum atomic E-state index is -0.494. The number of hydrogen-bond donors (Lipinski definition) is 2. The number of nitrogens with one attached hydrogen (secondary N) is 2. The van der Waals surface area contributed by atoms with Crippen molar-refractivity contribution in [2.45, 2.75) is 44.9 Å². The first kappa shape index (κ1) is 16.8. The van der Waals surface area contributed by atoms with Crippen LogP contribution in [-0.4, -0.2) is 41.4 Å². The Morgan fingerprint density at radius 3 is 2.79 bits per heavy atom. The molecule has 1 aromatic rings. The van der Waals surface area contributed by atoms with Crippen LogP contribution in [0, 0.1) is 17.6 Å². The van der Waals surface area contributed by atoms with Crippen molar-refractivity contribution in [2.24, 2.45) is 5.92 Å². The van der Waals surface area contributed by atoms with Crippen LogP contribution in [0.15, 0.2) is 18.2 Å². The van der Waals surface area contributed by atoms with Crippen LogP contribution in [0.2, 0.25) is 0 Å². The number of hydrogen-bond acceptors (Lipinski definition) is 3. The van der Waals surface area contributed by atoms with Crippen molar-refractivity contribution in [3.05, 3.63) is 35.4 Å². The van der Waals surface area contributed by atoms with Crippen LogP contribution in [0.3, 0.4) is 0 Å². The lowest BCUT2D eigenvalue weighted by Gasteiger charge is -2.36.